The minimum absolute atomic E-state index is 0.0821. The van der Waals surface area contributed by atoms with Crippen molar-refractivity contribution >= 4 is 17.4 Å². The van der Waals surface area contributed by atoms with Crippen molar-refractivity contribution in [1.82, 2.24) is 20.2 Å². The number of hydrogen-bond donors (Lipinski definition) is 2. The molecule has 0 unspecified atom stereocenters. The number of rotatable bonds is 1. The van der Waals surface area contributed by atoms with Crippen LogP contribution < -0.4 is 5.73 Å². The summed E-state index contributed by atoms with van der Waals surface area (Å²) in [7, 11) is 0. The van der Waals surface area contributed by atoms with E-state index in [1.54, 1.807) is 6.20 Å². The summed E-state index contributed by atoms with van der Waals surface area (Å²) in [5.41, 5.74) is 6.54. The maximum Gasteiger partial charge on any atom is 0.225 e. The van der Waals surface area contributed by atoms with E-state index in [1.165, 1.54) is 6.33 Å². The largest absolute Gasteiger partial charge is 0.383 e. The lowest BCUT2D eigenvalue weighted by Gasteiger charge is -2.03. The van der Waals surface area contributed by atoms with Crippen LogP contribution in [0, 0.1) is 0 Å². The van der Waals surface area contributed by atoms with Gasteiger partial charge in [-0.1, -0.05) is 13.8 Å². The molecule has 0 saturated heterocycles. The Morgan fingerprint density at radius 2 is 2.21 bits per heavy atom. The van der Waals surface area contributed by atoms with Gasteiger partial charge in [-0.3, -0.25) is 5.10 Å². The van der Waals surface area contributed by atoms with E-state index < -0.39 is 0 Å². The summed E-state index contributed by atoms with van der Waals surface area (Å²) < 4.78 is 0. The molecular formula is C8H12ClN5. The number of nitrogens with zero attached hydrogens (tertiary/aromatic N) is 3. The van der Waals surface area contributed by atoms with E-state index in [0.29, 0.717) is 5.82 Å². The van der Waals surface area contributed by atoms with Gasteiger partial charge >= 0.3 is 0 Å². The Morgan fingerprint density at radius 1 is 1.50 bits per heavy atom. The second-order valence-electron chi connectivity index (χ2n) is 3.02. The minimum atomic E-state index is 0.0821. The highest BCUT2D eigenvalue weighted by atomic mass is 35.5. The van der Waals surface area contributed by atoms with Crippen molar-refractivity contribution in [2.24, 2.45) is 0 Å². The molecule has 0 aliphatic heterocycles. The monoisotopic (exact) mass is 213 g/mol. The fourth-order valence-electron chi connectivity index (χ4n) is 0.926. The quantitative estimate of drug-likeness (QED) is 0.744. The van der Waals surface area contributed by atoms with Gasteiger partial charge in [-0.15, -0.1) is 0 Å². The lowest BCUT2D eigenvalue weighted by molar-refractivity contribution is 0.852. The number of hydrogen-bond acceptors (Lipinski definition) is 4. The molecule has 1 heterocycles. The van der Waals surface area contributed by atoms with Crippen LogP contribution in [0.1, 0.15) is 25.3 Å². The fraction of sp³-hybridized carbons (Fsp3) is 0.375. The van der Waals surface area contributed by atoms with Gasteiger partial charge < -0.3 is 5.73 Å². The number of aromatic nitrogens is 4. The molecule has 0 aliphatic carbocycles. The third-order valence-electron chi connectivity index (χ3n) is 1.64. The van der Waals surface area contributed by atoms with E-state index in [9.17, 15) is 0 Å². The van der Waals surface area contributed by atoms with Crippen molar-refractivity contribution in [1.29, 1.82) is 0 Å². The van der Waals surface area contributed by atoms with Crippen LogP contribution in [0.5, 0.6) is 0 Å². The molecule has 76 valence electrons. The molecule has 0 radical (unpaired) electrons. The zero-order valence-corrected chi connectivity index (χ0v) is 8.78. The zero-order chi connectivity index (χ0) is 10.6. The van der Waals surface area contributed by atoms with Gasteiger partial charge in [0.15, 0.2) is 0 Å². The smallest absolute Gasteiger partial charge is 0.225 e. The normalized spacial score (nSPS) is 10.0. The Morgan fingerprint density at radius 3 is 2.86 bits per heavy atom. The highest BCUT2D eigenvalue weighted by molar-refractivity contribution is 6.28. The van der Waals surface area contributed by atoms with E-state index in [4.69, 9.17) is 17.3 Å². The number of anilines is 1. The molecule has 0 fully saturated rings. The van der Waals surface area contributed by atoms with Crippen LogP contribution in [-0.2, 0) is 0 Å². The molecule has 3 N–H and O–H groups in total. The zero-order valence-electron chi connectivity index (χ0n) is 8.03. The topological polar surface area (TPSA) is 80.5 Å². The SMILES string of the molecule is CC(C)c1cn[nH]cnc(Cl)nc1N. The molecule has 5 nitrogen and oxygen atoms in total. The predicted octanol–water partition coefficient (Wildman–Crippen LogP) is 1.68. The van der Waals surface area contributed by atoms with Gasteiger partial charge in [-0.05, 0) is 17.5 Å². The van der Waals surface area contributed by atoms with Crippen molar-refractivity contribution < 1.29 is 0 Å². The molecule has 1 aromatic heterocycles. The third-order valence-corrected chi connectivity index (χ3v) is 1.82. The molecule has 1 rings (SSSR count). The average Bonchev–Trinajstić information content (AvgIpc) is 2.15. The van der Waals surface area contributed by atoms with E-state index in [1.807, 2.05) is 13.8 Å². The summed E-state index contributed by atoms with van der Waals surface area (Å²) in [4.78, 5) is 7.65. The van der Waals surface area contributed by atoms with Gasteiger partial charge in [-0.25, -0.2) is 9.97 Å². The standard InChI is InChI=1S/C8H12ClN5/c1-5(2)6-3-12-13-4-11-8(9)14-7(6)10/h3-5H,10H2,1-2H3,(H,11,13,14). The first-order valence-electron chi connectivity index (χ1n) is 4.16. The summed E-state index contributed by atoms with van der Waals surface area (Å²) in [6.07, 6.45) is 2.96. The van der Waals surface area contributed by atoms with Crippen LogP contribution in [0.4, 0.5) is 5.82 Å². The predicted molar refractivity (Wildman–Crippen MR) is 55.3 cm³/mol. The molecule has 14 heavy (non-hydrogen) atoms. The molecular weight excluding hydrogens is 202 g/mol. The minimum Gasteiger partial charge on any atom is -0.383 e. The van der Waals surface area contributed by atoms with Crippen molar-refractivity contribution in [3.05, 3.63) is 23.4 Å². The number of nitrogens with one attached hydrogen (secondary N) is 1. The van der Waals surface area contributed by atoms with Gasteiger partial charge in [0, 0.05) is 5.56 Å². The Balaban J connectivity index is 3.40. The van der Waals surface area contributed by atoms with Crippen LogP contribution >= 0.6 is 11.6 Å². The third kappa shape index (κ3) is 2.85. The molecule has 0 amide bonds. The summed E-state index contributed by atoms with van der Waals surface area (Å²) in [6, 6.07) is 0. The van der Waals surface area contributed by atoms with E-state index in [2.05, 4.69) is 20.2 Å². The first kappa shape index (κ1) is 10.7. The summed E-state index contributed by atoms with van der Waals surface area (Å²) in [6.45, 7) is 3.99. The average molecular weight is 214 g/mol. The van der Waals surface area contributed by atoms with Gasteiger partial charge in [0.05, 0.1) is 6.20 Å². The summed E-state index contributed by atoms with van der Waals surface area (Å²) >= 11 is 5.67. The Hall–Kier alpha value is -1.36. The molecule has 0 saturated carbocycles. The van der Waals surface area contributed by atoms with E-state index in [0.717, 1.165) is 5.56 Å². The molecule has 0 aliphatic rings. The lowest BCUT2D eigenvalue weighted by atomic mass is 10.1. The maximum atomic E-state index is 5.72. The molecule has 6 heteroatoms. The fourth-order valence-corrected chi connectivity index (χ4v) is 1.07. The second kappa shape index (κ2) is 4.76. The Bertz CT molecular complexity index is 359. The maximum absolute atomic E-state index is 5.72. The Labute approximate surface area is 87.0 Å². The molecule has 1 aromatic rings. The van der Waals surface area contributed by atoms with Crippen LogP contribution in [0.25, 0.3) is 0 Å². The van der Waals surface area contributed by atoms with Gasteiger partial charge in [0.1, 0.15) is 12.1 Å². The molecule has 0 spiro atoms. The van der Waals surface area contributed by atoms with Gasteiger partial charge in [0.25, 0.3) is 0 Å². The Kier molecular flexibility index (Phi) is 3.64. The van der Waals surface area contributed by atoms with Gasteiger partial charge in [-0.2, -0.15) is 5.10 Å². The van der Waals surface area contributed by atoms with E-state index >= 15 is 0 Å². The van der Waals surface area contributed by atoms with Crippen molar-refractivity contribution in [3.63, 3.8) is 0 Å². The lowest BCUT2D eigenvalue weighted by Crippen LogP contribution is -1.97. The van der Waals surface area contributed by atoms with Crippen LogP contribution in [0.15, 0.2) is 12.5 Å². The first-order valence-corrected chi connectivity index (χ1v) is 4.54. The molecule has 0 atom stereocenters. The van der Waals surface area contributed by atoms with Crippen molar-refractivity contribution in [2.75, 3.05) is 5.73 Å². The van der Waals surface area contributed by atoms with E-state index in [-0.39, 0.29) is 11.2 Å². The number of halogens is 1. The van der Waals surface area contributed by atoms with Crippen LogP contribution in [-0.4, -0.2) is 20.2 Å². The number of nitrogen functional groups attached to an aromatic ring is 1. The number of H-pyrrole nitrogens is 1. The molecule has 0 bridgehead atoms. The second-order valence-corrected chi connectivity index (χ2v) is 3.36. The first-order chi connectivity index (χ1) is 6.61. The summed E-state index contributed by atoms with van der Waals surface area (Å²) in [5.74, 6) is 0.571. The van der Waals surface area contributed by atoms with Crippen LogP contribution in [0.3, 0.4) is 0 Å². The molecule has 0 aromatic carbocycles. The van der Waals surface area contributed by atoms with Crippen molar-refractivity contribution in [2.45, 2.75) is 19.8 Å². The number of aromatic amines is 1. The van der Waals surface area contributed by atoms with Crippen molar-refractivity contribution in [3.8, 4) is 0 Å². The highest BCUT2D eigenvalue weighted by Gasteiger charge is 2.03. The summed E-state index contributed by atoms with van der Waals surface area (Å²) in [5, 5.41) is 6.55. The number of nitrogens with two attached hydrogens (primary N) is 1. The van der Waals surface area contributed by atoms with Crippen LogP contribution in [0.2, 0.25) is 5.28 Å². The highest BCUT2D eigenvalue weighted by Crippen LogP contribution is 2.16. The van der Waals surface area contributed by atoms with Gasteiger partial charge in [0.2, 0.25) is 5.28 Å².